The number of hydrogen-bond donors (Lipinski definition) is 1. The van der Waals surface area contributed by atoms with E-state index >= 15 is 0 Å². The Morgan fingerprint density at radius 2 is 2.05 bits per heavy atom. The van der Waals surface area contributed by atoms with Gasteiger partial charge in [-0.05, 0) is 18.2 Å². The lowest BCUT2D eigenvalue weighted by molar-refractivity contribution is -0.138. The molecule has 2 aromatic rings. The van der Waals surface area contributed by atoms with E-state index in [0.29, 0.717) is 0 Å². The molecule has 4 nitrogen and oxygen atoms in total. The molecule has 19 heavy (non-hydrogen) atoms. The van der Waals surface area contributed by atoms with E-state index in [1.165, 1.54) is 25.4 Å². The van der Waals surface area contributed by atoms with E-state index in [1.54, 1.807) is 0 Å². The minimum absolute atomic E-state index is 0.240. The third kappa shape index (κ3) is 2.75. The van der Waals surface area contributed by atoms with Crippen molar-refractivity contribution < 1.29 is 17.9 Å². The fourth-order valence-corrected chi connectivity index (χ4v) is 1.59. The van der Waals surface area contributed by atoms with E-state index in [4.69, 9.17) is 0 Å². The van der Waals surface area contributed by atoms with Crippen LogP contribution in [-0.2, 0) is 6.18 Å². The van der Waals surface area contributed by atoms with Gasteiger partial charge in [0.15, 0.2) is 0 Å². The first-order valence-corrected chi connectivity index (χ1v) is 5.22. The highest BCUT2D eigenvalue weighted by Crippen LogP contribution is 2.38. The second-order valence-electron chi connectivity index (χ2n) is 3.71. The van der Waals surface area contributed by atoms with Gasteiger partial charge in [0.1, 0.15) is 5.75 Å². The summed E-state index contributed by atoms with van der Waals surface area (Å²) in [7, 11) is 1.17. The average molecular weight is 270 g/mol. The normalized spacial score (nSPS) is 11.4. The molecular formula is C12H9F3N2O2. The Kier molecular flexibility index (Phi) is 3.28. The molecule has 0 fully saturated rings. The summed E-state index contributed by atoms with van der Waals surface area (Å²) in [5.41, 5.74) is -0.828. The molecule has 0 radical (unpaired) electrons. The van der Waals surface area contributed by atoms with E-state index in [1.807, 2.05) is 0 Å². The Bertz CT molecular complexity index is 630. The molecule has 7 heteroatoms. The number of benzene rings is 1. The number of aromatic nitrogens is 2. The van der Waals surface area contributed by atoms with E-state index in [9.17, 15) is 18.0 Å². The summed E-state index contributed by atoms with van der Waals surface area (Å²) < 4.78 is 43.2. The zero-order chi connectivity index (χ0) is 14.0. The van der Waals surface area contributed by atoms with Gasteiger partial charge >= 0.3 is 6.18 Å². The molecule has 0 saturated heterocycles. The van der Waals surface area contributed by atoms with Gasteiger partial charge in [0.05, 0.1) is 24.6 Å². The first-order valence-electron chi connectivity index (χ1n) is 5.22. The molecule has 100 valence electrons. The highest BCUT2D eigenvalue weighted by molar-refractivity contribution is 5.61. The molecule has 1 heterocycles. The van der Waals surface area contributed by atoms with Crippen molar-refractivity contribution >= 4 is 0 Å². The number of halogens is 3. The van der Waals surface area contributed by atoms with Crippen molar-refractivity contribution in [1.82, 2.24) is 9.97 Å². The average Bonchev–Trinajstić information content (AvgIpc) is 2.38. The summed E-state index contributed by atoms with van der Waals surface area (Å²) in [4.78, 5) is 17.0. The summed E-state index contributed by atoms with van der Waals surface area (Å²) >= 11 is 0. The molecule has 0 atom stereocenters. The van der Waals surface area contributed by atoms with Crippen molar-refractivity contribution in [2.75, 3.05) is 7.11 Å². The second kappa shape index (κ2) is 4.75. The first kappa shape index (κ1) is 13.1. The number of H-pyrrole nitrogens is 1. The van der Waals surface area contributed by atoms with Crippen molar-refractivity contribution in [2.45, 2.75) is 6.18 Å². The van der Waals surface area contributed by atoms with Crippen LogP contribution in [0.5, 0.6) is 5.75 Å². The summed E-state index contributed by atoms with van der Waals surface area (Å²) in [5, 5.41) is 0. The van der Waals surface area contributed by atoms with Crippen LogP contribution in [0.25, 0.3) is 11.3 Å². The lowest BCUT2D eigenvalue weighted by Crippen LogP contribution is -2.08. The van der Waals surface area contributed by atoms with Crippen LogP contribution in [0.3, 0.4) is 0 Å². The Morgan fingerprint density at radius 3 is 2.58 bits per heavy atom. The highest BCUT2D eigenvalue weighted by Gasteiger charge is 2.34. The monoisotopic (exact) mass is 270 g/mol. The molecular weight excluding hydrogens is 261 g/mol. The van der Waals surface area contributed by atoms with Crippen LogP contribution < -0.4 is 10.3 Å². The predicted molar refractivity (Wildman–Crippen MR) is 61.8 cm³/mol. The van der Waals surface area contributed by atoms with Crippen LogP contribution in [0.2, 0.25) is 0 Å². The second-order valence-corrected chi connectivity index (χ2v) is 3.71. The van der Waals surface area contributed by atoms with Gasteiger partial charge in [-0.3, -0.25) is 4.79 Å². The zero-order valence-corrected chi connectivity index (χ0v) is 9.78. The van der Waals surface area contributed by atoms with Gasteiger partial charge in [-0.25, -0.2) is 4.98 Å². The van der Waals surface area contributed by atoms with Crippen molar-refractivity contribution in [1.29, 1.82) is 0 Å². The largest absolute Gasteiger partial charge is 0.496 e. The van der Waals surface area contributed by atoms with Crippen molar-refractivity contribution in [3.8, 4) is 17.0 Å². The lowest BCUT2D eigenvalue weighted by Gasteiger charge is -2.13. The Morgan fingerprint density at radius 1 is 1.32 bits per heavy atom. The molecule has 0 aliphatic rings. The molecule has 0 unspecified atom stereocenters. The number of aromatic amines is 1. The maximum absolute atomic E-state index is 12.8. The van der Waals surface area contributed by atoms with Crippen molar-refractivity contribution in [3.63, 3.8) is 0 Å². The van der Waals surface area contributed by atoms with Gasteiger partial charge < -0.3 is 9.72 Å². The Balaban J connectivity index is 2.55. The maximum Gasteiger partial charge on any atom is 0.419 e. The number of ether oxygens (including phenoxy) is 1. The number of nitrogens with one attached hydrogen (secondary N) is 1. The SMILES string of the molecule is COc1ccc(-c2c[nH]c(=O)cn2)cc1C(F)(F)F. The van der Waals surface area contributed by atoms with Gasteiger partial charge in [0.2, 0.25) is 0 Å². The zero-order valence-electron chi connectivity index (χ0n) is 9.78. The lowest BCUT2D eigenvalue weighted by atomic mass is 10.1. The van der Waals surface area contributed by atoms with Gasteiger partial charge in [0, 0.05) is 11.8 Å². The van der Waals surface area contributed by atoms with Crippen LogP contribution in [0.4, 0.5) is 13.2 Å². The minimum atomic E-state index is -4.52. The number of alkyl halides is 3. The van der Waals surface area contributed by atoms with Crippen LogP contribution in [0, 0.1) is 0 Å². The van der Waals surface area contributed by atoms with Crippen LogP contribution in [0.1, 0.15) is 5.56 Å². The summed E-state index contributed by atoms with van der Waals surface area (Å²) in [6.45, 7) is 0. The quantitative estimate of drug-likeness (QED) is 0.912. The first-order chi connectivity index (χ1) is 8.91. The van der Waals surface area contributed by atoms with E-state index < -0.39 is 17.3 Å². The summed E-state index contributed by atoms with van der Waals surface area (Å²) in [6, 6.07) is 3.58. The summed E-state index contributed by atoms with van der Waals surface area (Å²) in [6.07, 6.45) is -2.26. The maximum atomic E-state index is 12.8. The molecule has 0 aliphatic carbocycles. The van der Waals surface area contributed by atoms with Crippen LogP contribution in [0.15, 0.2) is 35.4 Å². The Hall–Kier alpha value is -2.31. The summed E-state index contributed by atoms with van der Waals surface area (Å²) in [5.74, 6) is -0.263. The number of methoxy groups -OCH3 is 1. The standard InChI is InChI=1S/C12H9F3N2O2/c1-19-10-3-2-7(4-8(10)12(13,14)15)9-5-17-11(18)6-16-9/h2-6H,1H3,(H,17,18). The van der Waals surface area contributed by atoms with Gasteiger partial charge in [-0.15, -0.1) is 0 Å². The fraction of sp³-hybridized carbons (Fsp3) is 0.167. The van der Waals surface area contributed by atoms with E-state index in [2.05, 4.69) is 14.7 Å². The van der Waals surface area contributed by atoms with Crippen LogP contribution in [-0.4, -0.2) is 17.1 Å². The molecule has 0 bridgehead atoms. The molecule has 2 rings (SSSR count). The minimum Gasteiger partial charge on any atom is -0.496 e. The number of hydrogen-bond acceptors (Lipinski definition) is 3. The molecule has 1 aromatic carbocycles. The number of nitrogens with zero attached hydrogens (tertiary/aromatic N) is 1. The van der Waals surface area contributed by atoms with Gasteiger partial charge in [-0.1, -0.05) is 0 Å². The molecule has 0 aliphatic heterocycles. The third-order valence-electron chi connectivity index (χ3n) is 2.47. The van der Waals surface area contributed by atoms with Crippen molar-refractivity contribution in [3.05, 3.63) is 46.5 Å². The molecule has 0 spiro atoms. The van der Waals surface area contributed by atoms with Gasteiger partial charge in [0.25, 0.3) is 5.56 Å². The van der Waals surface area contributed by atoms with Crippen molar-refractivity contribution in [2.24, 2.45) is 0 Å². The van der Waals surface area contributed by atoms with E-state index in [0.717, 1.165) is 12.3 Å². The number of rotatable bonds is 2. The van der Waals surface area contributed by atoms with Gasteiger partial charge in [-0.2, -0.15) is 13.2 Å². The highest BCUT2D eigenvalue weighted by atomic mass is 19.4. The molecule has 0 saturated carbocycles. The Labute approximate surface area is 105 Å². The smallest absolute Gasteiger partial charge is 0.419 e. The third-order valence-corrected chi connectivity index (χ3v) is 2.47. The topological polar surface area (TPSA) is 55.0 Å². The van der Waals surface area contributed by atoms with E-state index in [-0.39, 0.29) is 17.0 Å². The molecule has 1 N–H and O–H groups in total. The predicted octanol–water partition coefficient (Wildman–Crippen LogP) is 2.46. The fourth-order valence-electron chi connectivity index (χ4n) is 1.59. The van der Waals surface area contributed by atoms with Crippen LogP contribution >= 0.6 is 0 Å². The molecule has 1 aromatic heterocycles. The molecule has 0 amide bonds.